The molecule has 1 heterocycles. The summed E-state index contributed by atoms with van der Waals surface area (Å²) < 4.78 is 1.86. The van der Waals surface area contributed by atoms with Gasteiger partial charge in [0.25, 0.3) is 0 Å². The maximum atomic E-state index is 12.3. The van der Waals surface area contributed by atoms with Gasteiger partial charge in [-0.3, -0.25) is 9.48 Å². The van der Waals surface area contributed by atoms with Crippen molar-refractivity contribution in [1.82, 2.24) is 15.1 Å². The zero-order valence-corrected chi connectivity index (χ0v) is 12.8. The summed E-state index contributed by atoms with van der Waals surface area (Å²) in [6, 6.07) is 10.3. The Hall–Kier alpha value is -2.10. The third-order valence-electron chi connectivity index (χ3n) is 4.45. The molecule has 2 unspecified atom stereocenters. The number of aryl methyl sites for hydroxylation is 2. The first kappa shape index (κ1) is 13.9. The van der Waals surface area contributed by atoms with Crippen LogP contribution in [0.1, 0.15) is 34.9 Å². The van der Waals surface area contributed by atoms with Crippen molar-refractivity contribution in [3.05, 3.63) is 52.8 Å². The monoisotopic (exact) mass is 283 g/mol. The van der Waals surface area contributed by atoms with Gasteiger partial charge in [-0.15, -0.1) is 0 Å². The summed E-state index contributed by atoms with van der Waals surface area (Å²) in [5, 5.41) is 7.44. The van der Waals surface area contributed by atoms with E-state index in [-0.39, 0.29) is 11.8 Å². The number of nitrogens with zero attached hydrogens (tertiary/aromatic N) is 2. The van der Waals surface area contributed by atoms with E-state index in [2.05, 4.69) is 22.5 Å². The van der Waals surface area contributed by atoms with Gasteiger partial charge >= 0.3 is 0 Å². The van der Waals surface area contributed by atoms with E-state index in [1.54, 1.807) is 0 Å². The van der Waals surface area contributed by atoms with Crippen molar-refractivity contribution >= 4 is 5.91 Å². The highest BCUT2D eigenvalue weighted by Crippen LogP contribution is 2.47. The van der Waals surface area contributed by atoms with Gasteiger partial charge in [0.2, 0.25) is 5.91 Å². The number of nitrogens with one attached hydrogen (secondary N) is 1. The van der Waals surface area contributed by atoms with Crippen molar-refractivity contribution in [1.29, 1.82) is 0 Å². The third kappa shape index (κ3) is 2.71. The zero-order chi connectivity index (χ0) is 15.0. The Kier molecular flexibility index (Phi) is 3.53. The summed E-state index contributed by atoms with van der Waals surface area (Å²) in [7, 11) is 1.93. The molecular weight excluding hydrogens is 262 g/mol. The fourth-order valence-corrected chi connectivity index (χ4v) is 2.93. The average molecular weight is 283 g/mol. The third-order valence-corrected chi connectivity index (χ3v) is 4.45. The van der Waals surface area contributed by atoms with Crippen LogP contribution in [0, 0.1) is 19.8 Å². The van der Waals surface area contributed by atoms with Crippen molar-refractivity contribution < 1.29 is 4.79 Å². The minimum absolute atomic E-state index is 0.129. The first-order chi connectivity index (χ1) is 10.1. The fourth-order valence-electron chi connectivity index (χ4n) is 2.93. The predicted octanol–water partition coefficient (Wildman–Crippen LogP) is 2.46. The zero-order valence-electron chi connectivity index (χ0n) is 12.8. The number of carbonyl (C=O) groups excluding carboxylic acids is 1. The average Bonchev–Trinajstić information content (AvgIpc) is 3.24. The lowest BCUT2D eigenvalue weighted by atomic mass is 10.1. The van der Waals surface area contributed by atoms with E-state index in [0.29, 0.717) is 12.5 Å². The Bertz CT molecular complexity index is 660. The minimum atomic E-state index is 0.129. The fraction of sp³-hybridized carbons (Fsp3) is 0.412. The summed E-state index contributed by atoms with van der Waals surface area (Å²) >= 11 is 0. The van der Waals surface area contributed by atoms with Crippen LogP contribution >= 0.6 is 0 Å². The van der Waals surface area contributed by atoms with Crippen molar-refractivity contribution in [3.63, 3.8) is 0 Å². The number of hydrogen-bond donors (Lipinski definition) is 1. The van der Waals surface area contributed by atoms with E-state index in [0.717, 1.165) is 23.4 Å². The molecule has 4 nitrogen and oxygen atoms in total. The van der Waals surface area contributed by atoms with Crippen LogP contribution in [0.5, 0.6) is 0 Å². The van der Waals surface area contributed by atoms with Gasteiger partial charge < -0.3 is 5.32 Å². The van der Waals surface area contributed by atoms with Crippen LogP contribution in [0.15, 0.2) is 30.3 Å². The van der Waals surface area contributed by atoms with E-state index in [1.807, 2.05) is 43.8 Å². The molecule has 110 valence electrons. The van der Waals surface area contributed by atoms with Crippen LogP contribution < -0.4 is 5.32 Å². The Morgan fingerprint density at radius 3 is 2.67 bits per heavy atom. The van der Waals surface area contributed by atoms with Crippen molar-refractivity contribution in [2.24, 2.45) is 13.0 Å². The van der Waals surface area contributed by atoms with Crippen LogP contribution in [0.3, 0.4) is 0 Å². The van der Waals surface area contributed by atoms with Crippen molar-refractivity contribution in [2.75, 3.05) is 0 Å². The van der Waals surface area contributed by atoms with Gasteiger partial charge in [0, 0.05) is 30.8 Å². The Morgan fingerprint density at radius 1 is 1.33 bits per heavy atom. The quantitative estimate of drug-likeness (QED) is 0.937. The highest BCUT2D eigenvalue weighted by Gasteiger charge is 2.43. The molecule has 0 saturated heterocycles. The molecule has 1 fully saturated rings. The normalized spacial score (nSPS) is 20.3. The number of benzene rings is 1. The smallest absolute Gasteiger partial charge is 0.224 e. The second-order valence-electron chi connectivity index (χ2n) is 5.85. The summed E-state index contributed by atoms with van der Waals surface area (Å²) in [6.45, 7) is 4.59. The van der Waals surface area contributed by atoms with Gasteiger partial charge in [-0.1, -0.05) is 30.3 Å². The van der Waals surface area contributed by atoms with Crippen LogP contribution in [-0.4, -0.2) is 15.7 Å². The van der Waals surface area contributed by atoms with Crippen molar-refractivity contribution in [2.45, 2.75) is 32.7 Å². The number of rotatable bonds is 4. The number of aromatic nitrogens is 2. The maximum Gasteiger partial charge on any atom is 0.224 e. The molecule has 3 rings (SSSR count). The van der Waals surface area contributed by atoms with E-state index in [9.17, 15) is 4.79 Å². The molecule has 1 amide bonds. The topological polar surface area (TPSA) is 46.9 Å². The van der Waals surface area contributed by atoms with Gasteiger partial charge in [-0.25, -0.2) is 0 Å². The standard InChI is InChI=1S/C17H21N3O/c1-11-16(12(2)20(3)19-11)10-18-17(21)15-9-14(15)13-7-5-4-6-8-13/h4-8,14-15H,9-10H2,1-3H3,(H,18,21). The SMILES string of the molecule is Cc1nn(C)c(C)c1CNC(=O)C1CC1c1ccccc1. The summed E-state index contributed by atoms with van der Waals surface area (Å²) in [6.07, 6.45) is 0.959. The molecule has 1 saturated carbocycles. The molecule has 0 aliphatic heterocycles. The van der Waals surface area contributed by atoms with Crippen molar-refractivity contribution in [3.8, 4) is 0 Å². The van der Waals surface area contributed by atoms with Crippen LogP contribution in [0.25, 0.3) is 0 Å². The van der Waals surface area contributed by atoms with Gasteiger partial charge in [0.05, 0.1) is 5.69 Å². The molecule has 0 radical (unpaired) electrons. The molecule has 2 atom stereocenters. The summed E-state index contributed by atoms with van der Waals surface area (Å²) in [5.41, 5.74) is 4.50. The summed E-state index contributed by atoms with van der Waals surface area (Å²) in [4.78, 5) is 12.3. The Morgan fingerprint density at radius 2 is 2.05 bits per heavy atom. The molecule has 4 heteroatoms. The van der Waals surface area contributed by atoms with E-state index < -0.39 is 0 Å². The molecule has 1 aromatic heterocycles. The number of hydrogen-bond acceptors (Lipinski definition) is 2. The molecule has 1 aliphatic carbocycles. The van der Waals surface area contributed by atoms with Gasteiger partial charge in [0.15, 0.2) is 0 Å². The molecule has 21 heavy (non-hydrogen) atoms. The van der Waals surface area contributed by atoms with Gasteiger partial charge in [-0.2, -0.15) is 5.10 Å². The highest BCUT2D eigenvalue weighted by molar-refractivity contribution is 5.82. The van der Waals surface area contributed by atoms with Crippen LogP contribution in [-0.2, 0) is 18.4 Å². The Balaban J connectivity index is 1.59. The minimum Gasteiger partial charge on any atom is -0.352 e. The highest BCUT2D eigenvalue weighted by atomic mass is 16.2. The molecule has 1 aliphatic rings. The largest absolute Gasteiger partial charge is 0.352 e. The second-order valence-corrected chi connectivity index (χ2v) is 5.85. The van der Waals surface area contributed by atoms with Crippen LogP contribution in [0.2, 0.25) is 0 Å². The summed E-state index contributed by atoms with van der Waals surface area (Å²) in [5.74, 6) is 0.679. The van der Waals surface area contributed by atoms with Crippen LogP contribution in [0.4, 0.5) is 0 Å². The predicted molar refractivity (Wildman–Crippen MR) is 81.8 cm³/mol. The lowest BCUT2D eigenvalue weighted by Gasteiger charge is -2.06. The van der Waals surface area contributed by atoms with E-state index >= 15 is 0 Å². The Labute approximate surface area is 125 Å². The molecule has 1 N–H and O–H groups in total. The second kappa shape index (κ2) is 5.35. The lowest BCUT2D eigenvalue weighted by Crippen LogP contribution is -2.25. The molecule has 0 spiro atoms. The number of carbonyl (C=O) groups is 1. The van der Waals surface area contributed by atoms with E-state index in [4.69, 9.17) is 0 Å². The van der Waals surface area contributed by atoms with E-state index in [1.165, 1.54) is 5.56 Å². The molecule has 1 aromatic carbocycles. The van der Waals surface area contributed by atoms with Gasteiger partial charge in [-0.05, 0) is 31.7 Å². The molecular formula is C17H21N3O. The van der Waals surface area contributed by atoms with Gasteiger partial charge in [0.1, 0.15) is 0 Å². The lowest BCUT2D eigenvalue weighted by molar-refractivity contribution is -0.122. The first-order valence-electron chi connectivity index (χ1n) is 7.39. The number of amides is 1. The molecule has 0 bridgehead atoms. The first-order valence-corrected chi connectivity index (χ1v) is 7.39. The maximum absolute atomic E-state index is 12.3. The molecule has 2 aromatic rings.